The smallest absolute Gasteiger partial charge is 0.410 e. The van der Waals surface area contributed by atoms with E-state index in [0.717, 1.165) is 38.0 Å². The molecule has 1 heterocycles. The highest BCUT2D eigenvalue weighted by Crippen LogP contribution is 2.20. The monoisotopic (exact) mass is 385 g/mol. The van der Waals surface area contributed by atoms with E-state index in [1.807, 2.05) is 46.3 Å². The lowest BCUT2D eigenvalue weighted by molar-refractivity contribution is 0.0251. The lowest BCUT2D eigenvalue weighted by Crippen LogP contribution is -2.37. The van der Waals surface area contributed by atoms with Crippen LogP contribution in [-0.4, -0.2) is 39.2 Å². The van der Waals surface area contributed by atoms with Crippen molar-refractivity contribution < 1.29 is 9.53 Å². The lowest BCUT2D eigenvalue weighted by Gasteiger charge is -2.27. The summed E-state index contributed by atoms with van der Waals surface area (Å²) in [6, 6.07) is 10.4. The van der Waals surface area contributed by atoms with Gasteiger partial charge in [-0.2, -0.15) is 0 Å². The molecule has 0 N–H and O–H groups in total. The summed E-state index contributed by atoms with van der Waals surface area (Å²) in [5.74, 6) is 0.556. The molecule has 1 atom stereocenters. The normalized spacial score (nSPS) is 12.6. The number of carbonyl (C=O) groups is 1. The maximum atomic E-state index is 12.2. The average Bonchev–Trinajstić information content (AvgIpc) is 3.10. The molecule has 1 unspecified atom stereocenters. The van der Waals surface area contributed by atoms with Crippen LogP contribution in [-0.2, 0) is 11.3 Å². The van der Waals surface area contributed by atoms with Crippen LogP contribution in [0.5, 0.6) is 0 Å². The minimum atomic E-state index is -0.447. The molecule has 0 spiro atoms. The lowest BCUT2D eigenvalue weighted by atomic mass is 10.0. The fourth-order valence-electron chi connectivity index (χ4n) is 3.18. The minimum Gasteiger partial charge on any atom is -0.444 e. The fraction of sp³-hybridized carbons (Fsp3) is 0.565. The van der Waals surface area contributed by atoms with Crippen LogP contribution in [0.1, 0.15) is 53.9 Å². The zero-order valence-corrected chi connectivity index (χ0v) is 18.0. The molecule has 28 heavy (non-hydrogen) atoms. The molecule has 2 rings (SSSR count). The first-order valence-electron chi connectivity index (χ1n) is 10.3. The Morgan fingerprint density at radius 1 is 1.21 bits per heavy atom. The van der Waals surface area contributed by atoms with Crippen LogP contribution in [0.4, 0.5) is 4.79 Å². The van der Waals surface area contributed by atoms with E-state index >= 15 is 0 Å². The number of ether oxygens (including phenoxy) is 1. The van der Waals surface area contributed by atoms with Crippen LogP contribution in [0.2, 0.25) is 0 Å². The number of rotatable bonds is 9. The predicted octanol–water partition coefficient (Wildman–Crippen LogP) is 5.61. The number of carbonyl (C=O) groups excluding carboxylic acids is 1. The van der Waals surface area contributed by atoms with Gasteiger partial charge >= 0.3 is 6.09 Å². The molecule has 1 amide bonds. The first-order valence-corrected chi connectivity index (χ1v) is 10.3. The summed E-state index contributed by atoms with van der Waals surface area (Å²) in [5.41, 5.74) is 1.91. The summed E-state index contributed by atoms with van der Waals surface area (Å²) < 4.78 is 7.71. The van der Waals surface area contributed by atoms with Crippen LogP contribution in [0.15, 0.2) is 42.9 Å². The Kier molecular flexibility index (Phi) is 8.09. The predicted molar refractivity (Wildman–Crippen MR) is 114 cm³/mol. The van der Waals surface area contributed by atoms with Gasteiger partial charge in [-0.25, -0.2) is 9.78 Å². The molecule has 2 aromatic rings. The Morgan fingerprint density at radius 3 is 2.57 bits per heavy atom. The molecule has 1 aromatic carbocycles. The second-order valence-electron chi connectivity index (χ2n) is 8.43. The maximum absolute atomic E-state index is 12.2. The number of hydrogen-bond acceptors (Lipinski definition) is 3. The number of aryl methyl sites for hydroxylation is 1. The van der Waals surface area contributed by atoms with Crippen molar-refractivity contribution in [3.05, 3.63) is 42.9 Å². The van der Waals surface area contributed by atoms with Gasteiger partial charge in [-0.3, -0.25) is 0 Å². The Bertz CT molecular complexity index is 719. The molecule has 1 aromatic heterocycles. The highest BCUT2D eigenvalue weighted by molar-refractivity contribution is 5.68. The largest absolute Gasteiger partial charge is 0.444 e. The van der Waals surface area contributed by atoms with Crippen LogP contribution >= 0.6 is 0 Å². The van der Waals surface area contributed by atoms with E-state index in [-0.39, 0.29) is 6.09 Å². The van der Waals surface area contributed by atoms with Gasteiger partial charge in [0.25, 0.3) is 0 Å². The zero-order valence-electron chi connectivity index (χ0n) is 18.0. The number of benzene rings is 1. The maximum Gasteiger partial charge on any atom is 0.410 e. The van der Waals surface area contributed by atoms with E-state index in [2.05, 4.69) is 40.7 Å². The molecule has 5 nitrogen and oxygen atoms in total. The SMILES string of the molecule is CCN(CCC(C)CCCn1cncc1-c1ccccc1)C(=O)OC(C)(C)C. The van der Waals surface area contributed by atoms with Crippen molar-refractivity contribution in [2.45, 2.75) is 66.0 Å². The quantitative estimate of drug-likeness (QED) is 0.563. The molecule has 0 saturated heterocycles. The zero-order chi connectivity index (χ0) is 20.6. The Hall–Kier alpha value is -2.30. The highest BCUT2D eigenvalue weighted by atomic mass is 16.6. The molecule has 154 valence electrons. The molecule has 0 radical (unpaired) electrons. The number of aromatic nitrogens is 2. The first kappa shape index (κ1) is 22.0. The van der Waals surface area contributed by atoms with Crippen molar-refractivity contribution in [2.75, 3.05) is 13.1 Å². The van der Waals surface area contributed by atoms with Crippen molar-refractivity contribution in [1.29, 1.82) is 0 Å². The van der Waals surface area contributed by atoms with Crippen LogP contribution < -0.4 is 0 Å². The topological polar surface area (TPSA) is 47.4 Å². The molecule has 0 fully saturated rings. The third-order valence-corrected chi connectivity index (χ3v) is 4.80. The van der Waals surface area contributed by atoms with Gasteiger partial charge in [-0.15, -0.1) is 0 Å². The van der Waals surface area contributed by atoms with Gasteiger partial charge in [0.1, 0.15) is 5.60 Å². The highest BCUT2D eigenvalue weighted by Gasteiger charge is 2.21. The Morgan fingerprint density at radius 2 is 1.93 bits per heavy atom. The Labute approximate surface area is 169 Å². The molecule has 0 bridgehead atoms. The molecular formula is C23H35N3O2. The van der Waals surface area contributed by atoms with Crippen LogP contribution in [0, 0.1) is 5.92 Å². The van der Waals surface area contributed by atoms with Crippen molar-refractivity contribution in [2.24, 2.45) is 5.92 Å². The summed E-state index contributed by atoms with van der Waals surface area (Å²) in [6.45, 7) is 12.3. The van der Waals surface area contributed by atoms with Gasteiger partial charge < -0.3 is 14.2 Å². The third kappa shape index (κ3) is 7.02. The van der Waals surface area contributed by atoms with Gasteiger partial charge in [-0.05, 0) is 58.4 Å². The summed E-state index contributed by atoms with van der Waals surface area (Å²) in [4.78, 5) is 18.4. The van der Waals surface area contributed by atoms with E-state index in [1.54, 1.807) is 4.90 Å². The van der Waals surface area contributed by atoms with Crippen molar-refractivity contribution in [1.82, 2.24) is 14.5 Å². The number of amides is 1. The summed E-state index contributed by atoms with van der Waals surface area (Å²) >= 11 is 0. The molecule has 0 aliphatic carbocycles. The minimum absolute atomic E-state index is 0.215. The summed E-state index contributed by atoms with van der Waals surface area (Å²) in [6.07, 6.45) is 6.83. The van der Waals surface area contributed by atoms with Gasteiger partial charge in [0, 0.05) is 19.6 Å². The number of nitrogens with zero attached hydrogens (tertiary/aromatic N) is 3. The van der Waals surface area contributed by atoms with Gasteiger partial charge in [0.15, 0.2) is 0 Å². The molecule has 5 heteroatoms. The van der Waals surface area contributed by atoms with Gasteiger partial charge in [0.2, 0.25) is 0 Å². The number of hydrogen-bond donors (Lipinski definition) is 0. The van der Waals surface area contributed by atoms with Crippen molar-refractivity contribution in [3.63, 3.8) is 0 Å². The standard InChI is InChI=1S/C23H35N3O2/c1-6-25(22(27)28-23(3,4)5)16-14-19(2)11-10-15-26-18-24-17-21(26)20-12-8-7-9-13-20/h7-9,12-13,17-19H,6,10-11,14-16H2,1-5H3. The van der Waals surface area contributed by atoms with Gasteiger partial charge in [0.05, 0.1) is 18.2 Å². The molecule has 0 aliphatic heterocycles. The second-order valence-corrected chi connectivity index (χ2v) is 8.43. The van der Waals surface area contributed by atoms with E-state index in [0.29, 0.717) is 12.5 Å². The molecule has 0 aliphatic rings. The average molecular weight is 386 g/mol. The summed E-state index contributed by atoms with van der Waals surface area (Å²) in [7, 11) is 0. The van der Waals surface area contributed by atoms with Crippen LogP contribution in [0.3, 0.4) is 0 Å². The fourth-order valence-corrected chi connectivity index (χ4v) is 3.18. The van der Waals surface area contributed by atoms with E-state index in [4.69, 9.17) is 4.74 Å². The van der Waals surface area contributed by atoms with E-state index < -0.39 is 5.60 Å². The Balaban J connectivity index is 1.77. The first-order chi connectivity index (χ1) is 13.3. The van der Waals surface area contributed by atoms with Crippen LogP contribution in [0.25, 0.3) is 11.3 Å². The summed E-state index contributed by atoms with van der Waals surface area (Å²) in [5, 5.41) is 0. The second kappa shape index (κ2) is 10.3. The van der Waals surface area contributed by atoms with Crippen molar-refractivity contribution in [3.8, 4) is 11.3 Å². The van der Waals surface area contributed by atoms with Crippen molar-refractivity contribution >= 4 is 6.09 Å². The molecular weight excluding hydrogens is 350 g/mol. The van der Waals surface area contributed by atoms with E-state index in [1.165, 1.54) is 5.56 Å². The van der Waals surface area contributed by atoms with Gasteiger partial charge in [-0.1, -0.05) is 37.3 Å². The molecule has 0 saturated carbocycles. The van der Waals surface area contributed by atoms with E-state index in [9.17, 15) is 4.79 Å². The third-order valence-electron chi connectivity index (χ3n) is 4.80. The number of imidazole rings is 1.